The van der Waals surface area contributed by atoms with Gasteiger partial charge in [0.15, 0.2) is 0 Å². The van der Waals surface area contributed by atoms with Crippen LogP contribution in [0.4, 0.5) is 5.82 Å². The zero-order valence-electron chi connectivity index (χ0n) is 11.5. The number of pyridine rings is 1. The Morgan fingerprint density at radius 3 is 2.90 bits per heavy atom. The van der Waals surface area contributed by atoms with Gasteiger partial charge in [0.2, 0.25) is 0 Å². The van der Waals surface area contributed by atoms with Crippen LogP contribution >= 0.6 is 0 Å². The van der Waals surface area contributed by atoms with Crippen molar-refractivity contribution in [2.24, 2.45) is 5.92 Å². The van der Waals surface area contributed by atoms with E-state index >= 15 is 0 Å². The quantitative estimate of drug-likeness (QED) is 0.872. The molecule has 20 heavy (non-hydrogen) atoms. The number of esters is 1. The number of methoxy groups -OCH3 is 1. The zero-order valence-corrected chi connectivity index (χ0v) is 11.5. The Labute approximate surface area is 117 Å². The number of rotatable bonds is 3. The Morgan fingerprint density at radius 1 is 1.35 bits per heavy atom. The number of carbonyl (C=O) groups is 1. The number of hydrogen-bond donors (Lipinski definition) is 1. The van der Waals surface area contributed by atoms with Crippen LogP contribution in [0.25, 0.3) is 11.0 Å². The molecule has 0 aliphatic heterocycles. The summed E-state index contributed by atoms with van der Waals surface area (Å²) < 4.78 is 10.2. The van der Waals surface area contributed by atoms with Gasteiger partial charge in [-0.3, -0.25) is 4.79 Å². The van der Waals surface area contributed by atoms with Crippen LogP contribution < -0.4 is 5.32 Å². The van der Waals surface area contributed by atoms with Gasteiger partial charge in [0.05, 0.1) is 24.7 Å². The summed E-state index contributed by atoms with van der Waals surface area (Å²) in [6.45, 7) is 0. The predicted molar refractivity (Wildman–Crippen MR) is 75.4 cm³/mol. The molecule has 5 heteroatoms. The van der Waals surface area contributed by atoms with E-state index in [9.17, 15) is 4.79 Å². The van der Waals surface area contributed by atoms with E-state index in [4.69, 9.17) is 9.15 Å². The fourth-order valence-electron chi connectivity index (χ4n) is 2.84. The number of furan rings is 1. The lowest BCUT2D eigenvalue weighted by Crippen LogP contribution is -2.30. The van der Waals surface area contributed by atoms with Crippen LogP contribution in [0.3, 0.4) is 0 Å². The summed E-state index contributed by atoms with van der Waals surface area (Å²) in [6, 6.07) is 4.13. The van der Waals surface area contributed by atoms with Crippen LogP contribution in [0.2, 0.25) is 0 Å². The molecule has 1 aliphatic carbocycles. The predicted octanol–water partition coefficient (Wildman–Crippen LogP) is 2.97. The second-order valence-corrected chi connectivity index (χ2v) is 5.21. The number of fused-ring (bicyclic) bond motifs is 1. The van der Waals surface area contributed by atoms with Gasteiger partial charge in [-0.15, -0.1) is 0 Å². The standard InChI is InChI=1S/C15H18N2O3/c1-19-15(18)10-2-4-11(5-3-10)17-14-12-7-9-20-13(12)6-8-16-14/h6-11H,2-5H2,1H3,(H,16,17). The lowest BCUT2D eigenvalue weighted by Gasteiger charge is -2.28. The summed E-state index contributed by atoms with van der Waals surface area (Å²) in [5.41, 5.74) is 0.839. The van der Waals surface area contributed by atoms with Gasteiger partial charge in [0, 0.05) is 12.2 Å². The molecule has 3 rings (SSSR count). The molecule has 0 atom stereocenters. The average molecular weight is 274 g/mol. The first-order valence-corrected chi connectivity index (χ1v) is 6.94. The average Bonchev–Trinajstić information content (AvgIpc) is 2.97. The molecular formula is C15H18N2O3. The molecule has 2 aromatic heterocycles. The van der Waals surface area contributed by atoms with Gasteiger partial charge in [-0.25, -0.2) is 4.98 Å². The summed E-state index contributed by atoms with van der Waals surface area (Å²) in [4.78, 5) is 15.9. The molecule has 5 nitrogen and oxygen atoms in total. The first-order chi connectivity index (χ1) is 9.78. The van der Waals surface area contributed by atoms with Crippen molar-refractivity contribution in [1.29, 1.82) is 0 Å². The first kappa shape index (κ1) is 13.0. The van der Waals surface area contributed by atoms with Crippen molar-refractivity contribution in [1.82, 2.24) is 4.98 Å². The number of nitrogens with zero attached hydrogens (tertiary/aromatic N) is 1. The largest absolute Gasteiger partial charge is 0.469 e. The smallest absolute Gasteiger partial charge is 0.308 e. The van der Waals surface area contributed by atoms with Gasteiger partial charge < -0.3 is 14.5 Å². The van der Waals surface area contributed by atoms with E-state index in [1.165, 1.54) is 7.11 Å². The monoisotopic (exact) mass is 274 g/mol. The summed E-state index contributed by atoms with van der Waals surface area (Å²) in [5, 5.41) is 4.47. The molecule has 0 saturated heterocycles. The van der Waals surface area contributed by atoms with Crippen LogP contribution in [0.5, 0.6) is 0 Å². The van der Waals surface area contributed by atoms with Gasteiger partial charge in [0.25, 0.3) is 0 Å². The minimum atomic E-state index is -0.0847. The lowest BCUT2D eigenvalue weighted by atomic mass is 9.86. The number of ether oxygens (including phenoxy) is 1. The summed E-state index contributed by atoms with van der Waals surface area (Å²) in [6.07, 6.45) is 7.06. The van der Waals surface area contributed by atoms with Crippen molar-refractivity contribution in [3.63, 3.8) is 0 Å². The molecule has 0 unspecified atom stereocenters. The highest BCUT2D eigenvalue weighted by Crippen LogP contribution is 2.29. The third kappa shape index (κ3) is 2.48. The Hall–Kier alpha value is -2.04. The maximum absolute atomic E-state index is 11.5. The number of carbonyl (C=O) groups excluding carboxylic acids is 1. The van der Waals surface area contributed by atoms with E-state index in [1.807, 2.05) is 12.1 Å². The molecule has 1 aliphatic rings. The van der Waals surface area contributed by atoms with Crippen LogP contribution in [0, 0.1) is 5.92 Å². The van der Waals surface area contributed by atoms with Crippen LogP contribution in [-0.2, 0) is 9.53 Å². The van der Waals surface area contributed by atoms with Gasteiger partial charge in [0.1, 0.15) is 11.4 Å². The molecule has 0 aromatic carbocycles. The van der Waals surface area contributed by atoms with Gasteiger partial charge in [-0.2, -0.15) is 0 Å². The lowest BCUT2D eigenvalue weighted by molar-refractivity contribution is -0.146. The second kappa shape index (κ2) is 5.53. The fourth-order valence-corrected chi connectivity index (χ4v) is 2.84. The zero-order chi connectivity index (χ0) is 13.9. The third-order valence-electron chi connectivity index (χ3n) is 3.98. The van der Waals surface area contributed by atoms with E-state index in [1.54, 1.807) is 12.5 Å². The minimum Gasteiger partial charge on any atom is -0.469 e. The normalized spacial score (nSPS) is 22.6. The molecule has 1 N–H and O–H groups in total. The minimum absolute atomic E-state index is 0.0516. The highest BCUT2D eigenvalue weighted by Gasteiger charge is 2.27. The van der Waals surface area contributed by atoms with E-state index in [0.717, 1.165) is 42.5 Å². The molecule has 1 fully saturated rings. The number of anilines is 1. The molecule has 0 amide bonds. The van der Waals surface area contributed by atoms with Crippen molar-refractivity contribution in [3.05, 3.63) is 24.6 Å². The number of nitrogens with one attached hydrogen (secondary N) is 1. The number of hydrogen-bond acceptors (Lipinski definition) is 5. The molecule has 106 valence electrons. The van der Waals surface area contributed by atoms with Gasteiger partial charge in [-0.1, -0.05) is 0 Å². The molecule has 0 spiro atoms. The van der Waals surface area contributed by atoms with Gasteiger partial charge >= 0.3 is 5.97 Å². The van der Waals surface area contributed by atoms with Crippen LogP contribution in [0.15, 0.2) is 29.0 Å². The Balaban J connectivity index is 1.65. The van der Waals surface area contributed by atoms with Crippen molar-refractivity contribution >= 4 is 22.8 Å². The SMILES string of the molecule is COC(=O)C1CCC(Nc2nccc3occc23)CC1. The maximum atomic E-state index is 11.5. The fraction of sp³-hybridized carbons (Fsp3) is 0.467. The summed E-state index contributed by atoms with van der Waals surface area (Å²) in [7, 11) is 1.45. The topological polar surface area (TPSA) is 64.4 Å². The molecule has 0 radical (unpaired) electrons. The van der Waals surface area contributed by atoms with E-state index in [-0.39, 0.29) is 11.9 Å². The van der Waals surface area contributed by atoms with Gasteiger partial charge in [-0.05, 0) is 37.8 Å². The Bertz CT molecular complexity index is 600. The molecular weight excluding hydrogens is 256 g/mol. The van der Waals surface area contributed by atoms with Crippen molar-refractivity contribution in [2.75, 3.05) is 12.4 Å². The van der Waals surface area contributed by atoms with E-state index in [0.29, 0.717) is 6.04 Å². The van der Waals surface area contributed by atoms with E-state index in [2.05, 4.69) is 10.3 Å². The number of aromatic nitrogens is 1. The third-order valence-corrected chi connectivity index (χ3v) is 3.98. The molecule has 2 aromatic rings. The molecule has 2 heterocycles. The Kier molecular flexibility index (Phi) is 3.58. The highest BCUT2D eigenvalue weighted by atomic mass is 16.5. The molecule has 0 bridgehead atoms. The Morgan fingerprint density at radius 2 is 2.15 bits per heavy atom. The summed E-state index contributed by atoms with van der Waals surface area (Å²) >= 11 is 0. The van der Waals surface area contributed by atoms with Crippen molar-refractivity contribution in [3.8, 4) is 0 Å². The second-order valence-electron chi connectivity index (χ2n) is 5.21. The van der Waals surface area contributed by atoms with Crippen molar-refractivity contribution in [2.45, 2.75) is 31.7 Å². The van der Waals surface area contributed by atoms with Crippen LogP contribution in [-0.4, -0.2) is 24.1 Å². The van der Waals surface area contributed by atoms with Crippen molar-refractivity contribution < 1.29 is 13.9 Å². The molecule has 1 saturated carbocycles. The first-order valence-electron chi connectivity index (χ1n) is 6.94. The highest BCUT2D eigenvalue weighted by molar-refractivity contribution is 5.87. The maximum Gasteiger partial charge on any atom is 0.308 e. The van der Waals surface area contributed by atoms with E-state index < -0.39 is 0 Å². The van der Waals surface area contributed by atoms with Crippen LogP contribution in [0.1, 0.15) is 25.7 Å². The summed E-state index contributed by atoms with van der Waals surface area (Å²) in [5.74, 6) is 0.826.